The minimum atomic E-state index is 0.498. The first-order chi connectivity index (χ1) is 21.4. The quantitative estimate of drug-likeness (QED) is 0.0514. The molecule has 0 aliphatic heterocycles. The first kappa shape index (κ1) is 43.5. The summed E-state index contributed by atoms with van der Waals surface area (Å²) in [6.07, 6.45) is 0. The molecule has 13 nitrogen and oxygen atoms in total. The highest BCUT2D eigenvalue weighted by Gasteiger charge is 1.97. The zero-order valence-corrected chi connectivity index (χ0v) is 28.8. The van der Waals surface area contributed by atoms with E-state index in [4.69, 9.17) is 73.2 Å². The van der Waals surface area contributed by atoms with Gasteiger partial charge in [-0.15, -0.1) is 11.6 Å². The van der Waals surface area contributed by atoms with Crippen molar-refractivity contribution in [1.29, 1.82) is 0 Å². The van der Waals surface area contributed by atoms with Crippen LogP contribution in [0.3, 0.4) is 0 Å². The summed E-state index contributed by atoms with van der Waals surface area (Å²) in [7, 11) is 0. The summed E-state index contributed by atoms with van der Waals surface area (Å²) in [5.74, 6) is 0.498. The van der Waals surface area contributed by atoms with E-state index in [0.717, 1.165) is 11.0 Å². The van der Waals surface area contributed by atoms with Gasteiger partial charge in [0, 0.05) is 10.3 Å². The maximum atomic E-state index is 5.51. The highest BCUT2D eigenvalue weighted by atomic mass is 127. The second kappa shape index (κ2) is 42.5. The summed E-state index contributed by atoms with van der Waals surface area (Å²) in [5.41, 5.74) is 0. The van der Waals surface area contributed by atoms with Gasteiger partial charge in [0.25, 0.3) is 0 Å². The van der Waals surface area contributed by atoms with Crippen LogP contribution in [0.2, 0.25) is 0 Å². The lowest BCUT2D eigenvalue weighted by Crippen LogP contribution is -2.15. The van der Waals surface area contributed by atoms with Gasteiger partial charge in [0.2, 0.25) is 0 Å². The normalized spacial score (nSPS) is 11.6. The molecular weight excluding hydrogens is 707 g/mol. The third-order valence-electron chi connectivity index (χ3n) is 4.91. The Labute approximate surface area is 277 Å². The Morgan fingerprint density at radius 1 is 0.233 bits per heavy atom. The lowest BCUT2D eigenvalue weighted by molar-refractivity contribution is -0.0288. The van der Waals surface area contributed by atoms with Gasteiger partial charge in [-0.05, 0) is 0 Å². The molecule has 0 atom stereocenters. The van der Waals surface area contributed by atoms with Gasteiger partial charge in [-0.25, -0.2) is 0 Å². The second-order valence-corrected chi connectivity index (χ2v) is 9.80. The van der Waals surface area contributed by atoms with Crippen LogP contribution in [0.1, 0.15) is 0 Å². The first-order valence-corrected chi connectivity index (χ1v) is 17.1. The Kier molecular flexibility index (Phi) is 43.0. The standard InChI is InChI=1S/C28H56ClIO13/c29-1-3-31-5-7-33-9-11-35-13-15-37-17-19-39-21-23-41-25-27-43-28-26-42-24-22-40-20-18-38-16-14-36-12-10-34-8-6-32-4-2-30/h1-28H2. The van der Waals surface area contributed by atoms with Crippen LogP contribution in [0.15, 0.2) is 0 Å². The predicted octanol–water partition coefficient (Wildman–Crippen LogP) is 1.88. The molecule has 0 radical (unpaired) electrons. The Bertz CT molecular complexity index is 450. The number of hydrogen-bond donors (Lipinski definition) is 0. The van der Waals surface area contributed by atoms with Crippen LogP contribution in [0.4, 0.5) is 0 Å². The summed E-state index contributed by atoms with van der Waals surface area (Å²) >= 11 is 7.78. The monoisotopic (exact) mass is 762 g/mol. The molecule has 0 heterocycles. The molecule has 0 aliphatic rings. The number of alkyl halides is 2. The van der Waals surface area contributed by atoms with Gasteiger partial charge < -0.3 is 61.6 Å². The largest absolute Gasteiger partial charge is 0.378 e. The third kappa shape index (κ3) is 42.5. The first-order valence-electron chi connectivity index (χ1n) is 15.0. The molecule has 260 valence electrons. The van der Waals surface area contributed by atoms with Crippen LogP contribution >= 0.6 is 34.2 Å². The van der Waals surface area contributed by atoms with Crippen LogP contribution in [-0.2, 0) is 61.6 Å². The van der Waals surface area contributed by atoms with E-state index < -0.39 is 0 Å². The lowest BCUT2D eigenvalue weighted by Gasteiger charge is -2.09. The lowest BCUT2D eigenvalue weighted by atomic mass is 10.6. The fourth-order valence-corrected chi connectivity index (χ4v) is 3.27. The highest BCUT2D eigenvalue weighted by molar-refractivity contribution is 14.1. The molecule has 0 rings (SSSR count). The molecular formula is C28H56ClIO13. The molecule has 0 bridgehead atoms. The predicted molar refractivity (Wildman–Crippen MR) is 170 cm³/mol. The molecule has 0 saturated heterocycles. The van der Waals surface area contributed by atoms with Gasteiger partial charge in [-0.3, -0.25) is 0 Å². The molecule has 0 aromatic rings. The van der Waals surface area contributed by atoms with Crippen LogP contribution < -0.4 is 0 Å². The van der Waals surface area contributed by atoms with Crippen molar-refractivity contribution in [1.82, 2.24) is 0 Å². The summed E-state index contributed by atoms with van der Waals surface area (Å²) in [6, 6.07) is 0. The maximum Gasteiger partial charge on any atom is 0.0701 e. The average Bonchev–Trinajstić information content (AvgIpc) is 3.02. The number of rotatable bonds is 40. The van der Waals surface area contributed by atoms with E-state index in [1.165, 1.54) is 0 Å². The Balaban J connectivity index is 3.02. The van der Waals surface area contributed by atoms with Crippen molar-refractivity contribution in [2.24, 2.45) is 0 Å². The minimum absolute atomic E-state index is 0.498. The van der Waals surface area contributed by atoms with Gasteiger partial charge in [-0.2, -0.15) is 0 Å². The van der Waals surface area contributed by atoms with Crippen molar-refractivity contribution in [3.8, 4) is 0 Å². The molecule has 0 unspecified atom stereocenters. The average molecular weight is 763 g/mol. The van der Waals surface area contributed by atoms with Crippen molar-refractivity contribution in [3.05, 3.63) is 0 Å². The molecule has 0 aliphatic carbocycles. The summed E-state index contributed by atoms with van der Waals surface area (Å²) in [5, 5.41) is 0. The molecule has 0 aromatic carbocycles. The van der Waals surface area contributed by atoms with Gasteiger partial charge in [0.05, 0.1) is 172 Å². The van der Waals surface area contributed by atoms with Crippen LogP contribution in [-0.4, -0.2) is 182 Å². The van der Waals surface area contributed by atoms with E-state index in [1.807, 2.05) is 0 Å². The van der Waals surface area contributed by atoms with Crippen LogP contribution in [0.25, 0.3) is 0 Å². The smallest absolute Gasteiger partial charge is 0.0701 e. The van der Waals surface area contributed by atoms with Gasteiger partial charge in [0.15, 0.2) is 0 Å². The molecule has 0 aromatic heterocycles. The molecule has 0 saturated carbocycles. The minimum Gasteiger partial charge on any atom is -0.378 e. The molecule has 15 heteroatoms. The second-order valence-electron chi connectivity index (χ2n) is 8.34. The zero-order chi connectivity index (χ0) is 31.0. The fraction of sp³-hybridized carbons (Fsp3) is 1.00. The Morgan fingerprint density at radius 2 is 0.372 bits per heavy atom. The Hall–Kier alpha value is 0.500. The summed E-state index contributed by atoms with van der Waals surface area (Å²) < 4.78 is 71.4. The molecule has 0 amide bonds. The fourth-order valence-electron chi connectivity index (χ4n) is 2.85. The van der Waals surface area contributed by atoms with Crippen molar-refractivity contribution in [3.63, 3.8) is 0 Å². The number of halogens is 2. The SMILES string of the molecule is ClCCOCCOCCOCCOCCOCCOCCOCCOCCOCCOCCOCCOCCOCCI. The van der Waals surface area contributed by atoms with E-state index >= 15 is 0 Å². The van der Waals surface area contributed by atoms with E-state index in [-0.39, 0.29) is 0 Å². The number of hydrogen-bond acceptors (Lipinski definition) is 13. The van der Waals surface area contributed by atoms with Gasteiger partial charge >= 0.3 is 0 Å². The van der Waals surface area contributed by atoms with E-state index in [9.17, 15) is 0 Å². The Morgan fingerprint density at radius 3 is 0.512 bits per heavy atom. The third-order valence-corrected chi connectivity index (χ3v) is 5.50. The van der Waals surface area contributed by atoms with Crippen molar-refractivity contribution in [2.75, 3.05) is 182 Å². The number of ether oxygens (including phenoxy) is 13. The van der Waals surface area contributed by atoms with Gasteiger partial charge in [0.1, 0.15) is 0 Å². The maximum absolute atomic E-state index is 5.51. The van der Waals surface area contributed by atoms with E-state index in [0.29, 0.717) is 171 Å². The molecule has 0 spiro atoms. The zero-order valence-electron chi connectivity index (χ0n) is 25.9. The molecule has 0 N–H and O–H groups in total. The van der Waals surface area contributed by atoms with E-state index in [1.54, 1.807) is 0 Å². The van der Waals surface area contributed by atoms with Crippen LogP contribution in [0.5, 0.6) is 0 Å². The van der Waals surface area contributed by atoms with Crippen LogP contribution in [0, 0.1) is 0 Å². The molecule has 43 heavy (non-hydrogen) atoms. The van der Waals surface area contributed by atoms with E-state index in [2.05, 4.69) is 22.6 Å². The summed E-state index contributed by atoms with van der Waals surface area (Å²) in [6.45, 7) is 14.1. The van der Waals surface area contributed by atoms with Crippen molar-refractivity contribution in [2.45, 2.75) is 0 Å². The topological polar surface area (TPSA) is 120 Å². The van der Waals surface area contributed by atoms with Gasteiger partial charge in [-0.1, -0.05) is 22.6 Å². The highest BCUT2D eigenvalue weighted by Crippen LogP contribution is 1.88. The summed E-state index contributed by atoms with van der Waals surface area (Å²) in [4.78, 5) is 0. The van der Waals surface area contributed by atoms with Crippen molar-refractivity contribution >= 4 is 34.2 Å². The molecule has 0 fully saturated rings. The van der Waals surface area contributed by atoms with Crippen molar-refractivity contribution < 1.29 is 61.6 Å².